The molecule has 0 fully saturated rings. The van der Waals surface area contributed by atoms with Crippen molar-refractivity contribution in [3.8, 4) is 23.0 Å². The van der Waals surface area contributed by atoms with E-state index in [2.05, 4.69) is 40.5 Å². The Bertz CT molecular complexity index is 1270. The Hall–Kier alpha value is -4.11. The minimum atomic E-state index is -0.549. The molecule has 0 bridgehead atoms. The topological polar surface area (TPSA) is 66.3 Å². The third-order valence-corrected chi connectivity index (χ3v) is 5.60. The number of carbonyl (C=O) groups is 1. The largest absolute Gasteiger partial charge is 0.444 e. The Balaban J connectivity index is 1.84. The molecule has 6 nitrogen and oxygen atoms in total. The summed E-state index contributed by atoms with van der Waals surface area (Å²) < 4.78 is 5.34. The Morgan fingerprint density at radius 2 is 1.66 bits per heavy atom. The number of benzene rings is 3. The molecule has 0 radical (unpaired) electrons. The normalized spacial score (nSPS) is 11.1. The van der Waals surface area contributed by atoms with Gasteiger partial charge in [0.2, 0.25) is 0 Å². The third kappa shape index (κ3) is 9.08. The summed E-state index contributed by atoms with van der Waals surface area (Å²) in [7, 11) is 0. The summed E-state index contributed by atoms with van der Waals surface area (Å²) in [6.07, 6.45) is 3.81. The number of nitrogens with one attached hydrogen (secondary N) is 1. The van der Waals surface area contributed by atoms with E-state index in [1.54, 1.807) is 0 Å². The van der Waals surface area contributed by atoms with Crippen LogP contribution in [-0.4, -0.2) is 18.2 Å². The van der Waals surface area contributed by atoms with Crippen molar-refractivity contribution in [3.63, 3.8) is 0 Å². The maximum absolute atomic E-state index is 12.1. The van der Waals surface area contributed by atoms with Crippen molar-refractivity contribution in [2.45, 2.75) is 65.9 Å². The van der Waals surface area contributed by atoms with Crippen LogP contribution >= 0.6 is 0 Å². The fraction of sp³-hybridized carbons (Fsp3) is 0.344. The van der Waals surface area contributed by atoms with Crippen LogP contribution in [0.3, 0.4) is 0 Å². The summed E-state index contributed by atoms with van der Waals surface area (Å²) in [4.78, 5) is 12.1. The van der Waals surface area contributed by atoms with Crippen LogP contribution in [0.2, 0.25) is 0 Å². The average molecular weight is 511 g/mol. The van der Waals surface area contributed by atoms with E-state index >= 15 is 0 Å². The van der Waals surface area contributed by atoms with Gasteiger partial charge in [-0.1, -0.05) is 73.2 Å². The first-order valence-corrected chi connectivity index (χ1v) is 13.3. The third-order valence-electron chi connectivity index (χ3n) is 5.60. The van der Waals surface area contributed by atoms with Gasteiger partial charge in [-0.3, -0.25) is 5.32 Å². The molecule has 6 heteroatoms. The average Bonchev–Trinajstić information content (AvgIpc) is 2.89. The van der Waals surface area contributed by atoms with Gasteiger partial charge in [0.25, 0.3) is 0 Å². The fourth-order valence-corrected chi connectivity index (χ4v) is 3.69. The van der Waals surface area contributed by atoms with Gasteiger partial charge in [-0.05, 0) is 81.6 Å². The molecule has 0 saturated carbocycles. The zero-order valence-electron chi connectivity index (χ0n) is 23.1. The predicted molar refractivity (Wildman–Crippen MR) is 157 cm³/mol. The Labute approximate surface area is 227 Å². The number of anilines is 2. The highest BCUT2D eigenvalue weighted by atomic mass is 16.6. The van der Waals surface area contributed by atoms with Crippen LogP contribution in [0.25, 0.3) is 11.1 Å². The van der Waals surface area contributed by atoms with Gasteiger partial charge in [0.15, 0.2) is 0 Å². The number of para-hydroxylation sites is 1. The SMILES string of the molecule is CCCCCC#Cc1cc(-c2ccc(NC(=O)OC(C)(C)C)cc2)ccc1N=NN(CC)c1ccccc1. The smallest absolute Gasteiger partial charge is 0.412 e. The lowest BCUT2D eigenvalue weighted by atomic mass is 10.0. The molecule has 0 saturated heterocycles. The number of unbranched alkanes of at least 4 members (excludes halogenated alkanes) is 3. The van der Waals surface area contributed by atoms with Gasteiger partial charge in [0.1, 0.15) is 11.3 Å². The van der Waals surface area contributed by atoms with Crippen LogP contribution < -0.4 is 10.3 Å². The summed E-state index contributed by atoms with van der Waals surface area (Å²) in [5.74, 6) is 6.64. The van der Waals surface area contributed by atoms with Crippen LogP contribution in [0, 0.1) is 11.8 Å². The molecule has 38 heavy (non-hydrogen) atoms. The lowest BCUT2D eigenvalue weighted by molar-refractivity contribution is 0.0636. The van der Waals surface area contributed by atoms with Crippen molar-refractivity contribution in [2.24, 2.45) is 10.3 Å². The highest BCUT2D eigenvalue weighted by Gasteiger charge is 2.16. The van der Waals surface area contributed by atoms with Gasteiger partial charge in [-0.25, -0.2) is 9.80 Å². The zero-order chi connectivity index (χ0) is 27.4. The van der Waals surface area contributed by atoms with Crippen molar-refractivity contribution in [1.29, 1.82) is 0 Å². The standard InChI is InChI=1S/C32H38N4O2/c1-6-8-9-10-12-15-27-24-26(25-18-21-28(22-19-25)33-31(37)38-32(3,4)5)20-23-30(27)34-35-36(7-2)29-16-13-11-14-17-29/h11,13-14,16-24H,6-10H2,1-5H3,(H,33,37). The summed E-state index contributed by atoms with van der Waals surface area (Å²) >= 11 is 0. The van der Waals surface area contributed by atoms with Gasteiger partial charge in [0.05, 0.1) is 11.3 Å². The maximum atomic E-state index is 12.1. The van der Waals surface area contributed by atoms with Crippen molar-refractivity contribution in [1.82, 2.24) is 0 Å². The number of hydrogen-bond acceptors (Lipinski definition) is 4. The Kier molecular flexibility index (Phi) is 10.5. The van der Waals surface area contributed by atoms with Crippen LogP contribution in [0.15, 0.2) is 83.1 Å². The molecule has 0 aliphatic carbocycles. The first-order valence-electron chi connectivity index (χ1n) is 13.3. The molecule has 1 amide bonds. The highest BCUT2D eigenvalue weighted by Crippen LogP contribution is 2.29. The number of hydrogen-bond donors (Lipinski definition) is 1. The van der Waals surface area contributed by atoms with E-state index in [0.29, 0.717) is 12.2 Å². The molecular weight excluding hydrogens is 472 g/mol. The zero-order valence-corrected chi connectivity index (χ0v) is 23.1. The molecule has 0 aliphatic heterocycles. The summed E-state index contributed by atoms with van der Waals surface area (Å²) in [6.45, 7) is 10.5. The molecule has 0 aromatic heterocycles. The first-order chi connectivity index (χ1) is 18.3. The lowest BCUT2D eigenvalue weighted by Gasteiger charge is -2.19. The predicted octanol–water partition coefficient (Wildman–Crippen LogP) is 9.16. The van der Waals surface area contributed by atoms with Gasteiger partial charge >= 0.3 is 6.09 Å². The van der Waals surface area contributed by atoms with E-state index in [1.807, 2.05) is 99.4 Å². The number of nitrogens with zero attached hydrogens (tertiary/aromatic N) is 3. The molecule has 3 aromatic rings. The molecule has 0 atom stereocenters. The van der Waals surface area contributed by atoms with Crippen molar-refractivity contribution in [2.75, 3.05) is 16.9 Å². The second-order valence-corrected chi connectivity index (χ2v) is 9.94. The molecule has 0 unspecified atom stereocenters. The van der Waals surface area contributed by atoms with Gasteiger partial charge in [-0.2, -0.15) is 0 Å². The number of amides is 1. The van der Waals surface area contributed by atoms with Gasteiger partial charge in [0, 0.05) is 18.7 Å². The number of carbonyl (C=O) groups excluding carboxylic acids is 1. The molecular formula is C32H38N4O2. The van der Waals surface area contributed by atoms with Crippen LogP contribution in [0.1, 0.15) is 65.9 Å². The first kappa shape index (κ1) is 28.5. The van der Waals surface area contributed by atoms with Gasteiger partial charge < -0.3 is 4.74 Å². The minimum absolute atomic E-state index is 0.475. The van der Waals surface area contributed by atoms with Crippen LogP contribution in [0.5, 0.6) is 0 Å². The number of ether oxygens (including phenoxy) is 1. The van der Waals surface area contributed by atoms with E-state index in [-0.39, 0.29) is 0 Å². The maximum Gasteiger partial charge on any atom is 0.412 e. The van der Waals surface area contributed by atoms with Crippen LogP contribution in [-0.2, 0) is 4.74 Å². The monoisotopic (exact) mass is 510 g/mol. The molecule has 0 spiro atoms. The molecule has 0 aliphatic rings. The fourth-order valence-electron chi connectivity index (χ4n) is 3.69. The summed E-state index contributed by atoms with van der Waals surface area (Å²) in [5, 5.41) is 13.7. The summed E-state index contributed by atoms with van der Waals surface area (Å²) in [5.41, 5.74) is 4.70. The Morgan fingerprint density at radius 1 is 0.947 bits per heavy atom. The minimum Gasteiger partial charge on any atom is -0.444 e. The van der Waals surface area contributed by atoms with Crippen LogP contribution in [0.4, 0.5) is 21.9 Å². The van der Waals surface area contributed by atoms with E-state index in [1.165, 1.54) is 12.8 Å². The second-order valence-electron chi connectivity index (χ2n) is 9.94. The molecule has 0 heterocycles. The molecule has 3 aromatic carbocycles. The molecule has 1 N–H and O–H groups in total. The van der Waals surface area contributed by atoms with Gasteiger partial charge in [-0.15, -0.1) is 5.11 Å². The van der Waals surface area contributed by atoms with E-state index in [4.69, 9.17) is 4.74 Å². The van der Waals surface area contributed by atoms with Crippen molar-refractivity contribution in [3.05, 3.63) is 78.4 Å². The van der Waals surface area contributed by atoms with E-state index < -0.39 is 11.7 Å². The highest BCUT2D eigenvalue weighted by molar-refractivity contribution is 5.85. The van der Waals surface area contributed by atoms with Crippen molar-refractivity contribution >= 4 is 23.2 Å². The quantitative estimate of drug-likeness (QED) is 0.135. The lowest BCUT2D eigenvalue weighted by Crippen LogP contribution is -2.27. The molecule has 3 rings (SSSR count). The number of rotatable bonds is 9. The summed E-state index contributed by atoms with van der Waals surface area (Å²) in [6, 6.07) is 23.7. The molecule has 198 valence electrons. The second kappa shape index (κ2) is 14.0. The Morgan fingerprint density at radius 3 is 2.32 bits per heavy atom. The van der Waals surface area contributed by atoms with E-state index in [0.717, 1.165) is 40.9 Å². The van der Waals surface area contributed by atoms with E-state index in [9.17, 15) is 4.79 Å². The van der Waals surface area contributed by atoms with Crippen molar-refractivity contribution < 1.29 is 9.53 Å².